The van der Waals surface area contributed by atoms with E-state index in [-0.39, 0.29) is 24.8 Å². The molecule has 0 spiro atoms. The molecule has 0 aromatic heterocycles. The van der Waals surface area contributed by atoms with Crippen LogP contribution < -0.4 is 15.1 Å². The number of benzene rings is 2. The van der Waals surface area contributed by atoms with Crippen LogP contribution in [0.15, 0.2) is 48.5 Å². The van der Waals surface area contributed by atoms with Crippen LogP contribution >= 0.6 is 11.6 Å². The summed E-state index contributed by atoms with van der Waals surface area (Å²) in [6.45, 7) is 1.76. The van der Waals surface area contributed by atoms with Gasteiger partial charge in [0.25, 0.3) is 0 Å². The standard InChI is InChI=1S/C19H22ClN3O2/c1-14(24)23(18-6-4-5-15(20)13-18)12-11-19(25)21-16-7-9-17(10-8-16)22(2)3/h4-10,13H,11-12H2,1-3H3,(H,21,25). The molecule has 132 valence electrons. The molecule has 2 rings (SSSR count). The van der Waals surface area contributed by atoms with Crippen LogP contribution in [-0.2, 0) is 9.59 Å². The molecule has 0 aliphatic rings. The summed E-state index contributed by atoms with van der Waals surface area (Å²) in [7, 11) is 3.92. The van der Waals surface area contributed by atoms with Crippen LogP contribution in [0.25, 0.3) is 0 Å². The van der Waals surface area contributed by atoms with Gasteiger partial charge in [0.1, 0.15) is 0 Å². The van der Waals surface area contributed by atoms with Gasteiger partial charge in [-0.2, -0.15) is 0 Å². The van der Waals surface area contributed by atoms with E-state index in [0.717, 1.165) is 11.4 Å². The van der Waals surface area contributed by atoms with Crippen molar-refractivity contribution in [3.8, 4) is 0 Å². The fraction of sp³-hybridized carbons (Fsp3) is 0.263. The number of hydrogen-bond acceptors (Lipinski definition) is 3. The fourth-order valence-corrected chi connectivity index (χ4v) is 2.58. The molecule has 0 unspecified atom stereocenters. The summed E-state index contributed by atoms with van der Waals surface area (Å²) in [5.41, 5.74) is 2.47. The average molecular weight is 360 g/mol. The number of halogens is 1. The lowest BCUT2D eigenvalue weighted by Crippen LogP contribution is -2.31. The van der Waals surface area contributed by atoms with Crippen molar-refractivity contribution < 1.29 is 9.59 Å². The Kier molecular flexibility index (Phi) is 6.42. The summed E-state index contributed by atoms with van der Waals surface area (Å²) in [5, 5.41) is 3.39. The van der Waals surface area contributed by atoms with Gasteiger partial charge in [0.15, 0.2) is 0 Å². The molecule has 1 N–H and O–H groups in total. The first-order valence-electron chi connectivity index (χ1n) is 7.97. The maximum absolute atomic E-state index is 12.2. The molecule has 6 heteroatoms. The van der Waals surface area contributed by atoms with Crippen LogP contribution in [0.1, 0.15) is 13.3 Å². The van der Waals surface area contributed by atoms with E-state index in [1.54, 1.807) is 29.2 Å². The molecule has 0 fully saturated rings. The van der Waals surface area contributed by atoms with Crippen molar-refractivity contribution in [2.45, 2.75) is 13.3 Å². The van der Waals surface area contributed by atoms with Crippen molar-refractivity contribution in [1.29, 1.82) is 0 Å². The van der Waals surface area contributed by atoms with E-state index in [0.29, 0.717) is 10.7 Å². The van der Waals surface area contributed by atoms with E-state index in [1.807, 2.05) is 43.3 Å². The quantitative estimate of drug-likeness (QED) is 0.853. The molecule has 5 nitrogen and oxygen atoms in total. The van der Waals surface area contributed by atoms with Gasteiger partial charge in [0, 0.05) is 56.1 Å². The summed E-state index contributed by atoms with van der Waals surface area (Å²) in [5.74, 6) is -0.281. The maximum Gasteiger partial charge on any atom is 0.226 e. The lowest BCUT2D eigenvalue weighted by Gasteiger charge is -2.21. The topological polar surface area (TPSA) is 52.7 Å². The number of nitrogens with one attached hydrogen (secondary N) is 1. The zero-order chi connectivity index (χ0) is 18.4. The summed E-state index contributed by atoms with van der Waals surface area (Å²) >= 11 is 5.98. The van der Waals surface area contributed by atoms with Crippen LogP contribution in [0.5, 0.6) is 0 Å². The molecule has 2 aromatic rings. The van der Waals surface area contributed by atoms with Crippen molar-refractivity contribution in [2.75, 3.05) is 35.8 Å². The zero-order valence-corrected chi connectivity index (χ0v) is 15.4. The number of nitrogens with zero attached hydrogens (tertiary/aromatic N) is 2. The van der Waals surface area contributed by atoms with E-state index in [2.05, 4.69) is 5.32 Å². The highest BCUT2D eigenvalue weighted by Gasteiger charge is 2.14. The number of carbonyl (C=O) groups excluding carboxylic acids is 2. The minimum Gasteiger partial charge on any atom is -0.378 e. The minimum absolute atomic E-state index is 0.134. The Morgan fingerprint density at radius 1 is 1.04 bits per heavy atom. The van der Waals surface area contributed by atoms with E-state index in [4.69, 9.17) is 11.6 Å². The highest BCUT2D eigenvalue weighted by atomic mass is 35.5. The predicted octanol–water partition coefficient (Wildman–Crippen LogP) is 3.79. The molecule has 0 aliphatic heterocycles. The van der Waals surface area contributed by atoms with Gasteiger partial charge in [0.05, 0.1) is 0 Å². The van der Waals surface area contributed by atoms with E-state index in [1.165, 1.54) is 6.92 Å². The number of carbonyl (C=O) groups is 2. The Morgan fingerprint density at radius 2 is 1.72 bits per heavy atom. The molecule has 0 saturated heterocycles. The maximum atomic E-state index is 12.2. The molecule has 2 aromatic carbocycles. The number of hydrogen-bond donors (Lipinski definition) is 1. The third-order valence-electron chi connectivity index (χ3n) is 3.73. The Bertz CT molecular complexity index is 745. The molecule has 0 atom stereocenters. The number of rotatable bonds is 6. The highest BCUT2D eigenvalue weighted by Crippen LogP contribution is 2.20. The first kappa shape index (κ1) is 18.8. The Labute approximate surface area is 153 Å². The first-order chi connectivity index (χ1) is 11.9. The Morgan fingerprint density at radius 3 is 2.28 bits per heavy atom. The van der Waals surface area contributed by atoms with Crippen molar-refractivity contribution in [3.63, 3.8) is 0 Å². The normalized spacial score (nSPS) is 10.2. The highest BCUT2D eigenvalue weighted by molar-refractivity contribution is 6.30. The minimum atomic E-state index is -0.147. The molecule has 2 amide bonds. The molecular formula is C19H22ClN3O2. The SMILES string of the molecule is CC(=O)N(CCC(=O)Nc1ccc(N(C)C)cc1)c1cccc(Cl)c1. The van der Waals surface area contributed by atoms with Crippen LogP contribution in [0.4, 0.5) is 17.1 Å². The van der Waals surface area contributed by atoms with Gasteiger partial charge < -0.3 is 15.1 Å². The van der Waals surface area contributed by atoms with Crippen LogP contribution in [0.2, 0.25) is 5.02 Å². The summed E-state index contributed by atoms with van der Waals surface area (Å²) in [4.78, 5) is 27.6. The molecule has 25 heavy (non-hydrogen) atoms. The van der Waals surface area contributed by atoms with Gasteiger partial charge in [-0.1, -0.05) is 17.7 Å². The molecular weight excluding hydrogens is 338 g/mol. The fourth-order valence-electron chi connectivity index (χ4n) is 2.39. The summed E-state index contributed by atoms with van der Waals surface area (Å²) < 4.78 is 0. The first-order valence-corrected chi connectivity index (χ1v) is 8.35. The summed E-state index contributed by atoms with van der Waals surface area (Å²) in [6.07, 6.45) is 0.196. The largest absolute Gasteiger partial charge is 0.378 e. The number of anilines is 3. The van der Waals surface area contributed by atoms with Gasteiger partial charge in [-0.15, -0.1) is 0 Å². The van der Waals surface area contributed by atoms with E-state index < -0.39 is 0 Å². The van der Waals surface area contributed by atoms with Gasteiger partial charge in [-0.3, -0.25) is 9.59 Å². The molecule has 0 bridgehead atoms. The summed E-state index contributed by atoms with van der Waals surface area (Å²) in [6, 6.07) is 14.6. The molecule has 0 aliphatic carbocycles. The Balaban J connectivity index is 1.96. The second-order valence-corrected chi connectivity index (χ2v) is 6.33. The van der Waals surface area contributed by atoms with E-state index in [9.17, 15) is 9.59 Å². The molecule has 0 radical (unpaired) electrons. The van der Waals surface area contributed by atoms with Crippen LogP contribution in [0, 0.1) is 0 Å². The predicted molar refractivity (Wildman–Crippen MR) is 103 cm³/mol. The lowest BCUT2D eigenvalue weighted by atomic mass is 10.2. The smallest absolute Gasteiger partial charge is 0.226 e. The average Bonchev–Trinajstić information content (AvgIpc) is 2.55. The van der Waals surface area contributed by atoms with Gasteiger partial charge in [-0.25, -0.2) is 0 Å². The van der Waals surface area contributed by atoms with Crippen molar-refractivity contribution in [1.82, 2.24) is 0 Å². The third-order valence-corrected chi connectivity index (χ3v) is 3.97. The van der Waals surface area contributed by atoms with Gasteiger partial charge in [-0.05, 0) is 42.5 Å². The van der Waals surface area contributed by atoms with Gasteiger partial charge >= 0.3 is 0 Å². The van der Waals surface area contributed by atoms with Crippen molar-refractivity contribution >= 4 is 40.5 Å². The van der Waals surface area contributed by atoms with Gasteiger partial charge in [0.2, 0.25) is 11.8 Å². The molecule has 0 saturated carbocycles. The zero-order valence-electron chi connectivity index (χ0n) is 14.6. The molecule has 0 heterocycles. The second kappa shape index (κ2) is 8.53. The number of amides is 2. The van der Waals surface area contributed by atoms with Crippen molar-refractivity contribution in [2.24, 2.45) is 0 Å². The third kappa shape index (κ3) is 5.50. The lowest BCUT2D eigenvalue weighted by molar-refractivity contribution is -0.117. The monoisotopic (exact) mass is 359 g/mol. The Hall–Kier alpha value is -2.53. The van der Waals surface area contributed by atoms with Crippen molar-refractivity contribution in [3.05, 3.63) is 53.6 Å². The van der Waals surface area contributed by atoms with Crippen LogP contribution in [0.3, 0.4) is 0 Å². The van der Waals surface area contributed by atoms with E-state index >= 15 is 0 Å². The van der Waals surface area contributed by atoms with Crippen LogP contribution in [-0.4, -0.2) is 32.5 Å². The second-order valence-electron chi connectivity index (χ2n) is 5.89.